The third kappa shape index (κ3) is 4.31. The fraction of sp³-hybridized carbons (Fsp3) is 0.824. The van der Waals surface area contributed by atoms with E-state index in [0.29, 0.717) is 25.3 Å². The number of imide groups is 1. The summed E-state index contributed by atoms with van der Waals surface area (Å²) in [7, 11) is 0. The van der Waals surface area contributed by atoms with Gasteiger partial charge < -0.3 is 4.90 Å². The number of carbonyl (C=O) groups excluding carboxylic acids is 3. The standard InChI is InChI=1S/C17H28N2O3/c1-13-8-10-18(12-13)15(20)7-5-3-4-6-9-19-16(21)11-14(2)17(19)22/h13-14H,3-12H2,1-2H3. The molecule has 0 bridgehead atoms. The number of carbonyl (C=O) groups is 3. The first kappa shape index (κ1) is 17.0. The number of hydrogen-bond donors (Lipinski definition) is 0. The fourth-order valence-corrected chi connectivity index (χ4v) is 3.30. The van der Waals surface area contributed by atoms with E-state index in [1.54, 1.807) is 0 Å². The number of hydrogen-bond acceptors (Lipinski definition) is 3. The summed E-state index contributed by atoms with van der Waals surface area (Å²) < 4.78 is 0. The van der Waals surface area contributed by atoms with E-state index in [1.165, 1.54) is 4.90 Å². The second-order valence-electron chi connectivity index (χ2n) is 6.89. The number of unbranched alkanes of at least 4 members (excludes halogenated alkanes) is 3. The Kier molecular flexibility index (Phi) is 5.98. The smallest absolute Gasteiger partial charge is 0.232 e. The molecule has 2 atom stereocenters. The van der Waals surface area contributed by atoms with Crippen molar-refractivity contribution in [1.29, 1.82) is 0 Å². The van der Waals surface area contributed by atoms with Gasteiger partial charge in [0.15, 0.2) is 0 Å². The maximum Gasteiger partial charge on any atom is 0.232 e. The largest absolute Gasteiger partial charge is 0.342 e. The fourth-order valence-electron chi connectivity index (χ4n) is 3.30. The molecule has 0 saturated carbocycles. The molecule has 2 rings (SSSR count). The summed E-state index contributed by atoms with van der Waals surface area (Å²) in [6.45, 7) is 6.37. The summed E-state index contributed by atoms with van der Waals surface area (Å²) in [5.74, 6) is 0.720. The predicted molar refractivity (Wildman–Crippen MR) is 83.9 cm³/mol. The van der Waals surface area contributed by atoms with Gasteiger partial charge in [0.25, 0.3) is 0 Å². The number of likely N-dealkylation sites (tertiary alicyclic amines) is 2. The van der Waals surface area contributed by atoms with Crippen LogP contribution in [0.3, 0.4) is 0 Å². The zero-order valence-corrected chi connectivity index (χ0v) is 13.8. The van der Waals surface area contributed by atoms with Gasteiger partial charge in [-0.15, -0.1) is 0 Å². The highest BCUT2D eigenvalue weighted by molar-refractivity contribution is 6.03. The highest BCUT2D eigenvalue weighted by atomic mass is 16.2. The number of rotatable bonds is 7. The number of amides is 3. The molecule has 5 nitrogen and oxygen atoms in total. The lowest BCUT2D eigenvalue weighted by Crippen LogP contribution is -2.31. The van der Waals surface area contributed by atoms with Crippen LogP contribution in [-0.2, 0) is 14.4 Å². The molecule has 22 heavy (non-hydrogen) atoms. The number of nitrogens with zero attached hydrogens (tertiary/aromatic N) is 2. The van der Waals surface area contributed by atoms with Crippen LogP contribution >= 0.6 is 0 Å². The Morgan fingerprint density at radius 3 is 2.45 bits per heavy atom. The molecule has 0 N–H and O–H groups in total. The minimum absolute atomic E-state index is 0.0247. The SMILES string of the molecule is CC1CCN(C(=O)CCCCCCN2C(=O)CC(C)C2=O)C1. The normalized spacial score (nSPS) is 25.4. The van der Waals surface area contributed by atoms with Crippen molar-refractivity contribution < 1.29 is 14.4 Å². The van der Waals surface area contributed by atoms with E-state index >= 15 is 0 Å². The Morgan fingerprint density at radius 1 is 1.14 bits per heavy atom. The second kappa shape index (κ2) is 7.75. The van der Waals surface area contributed by atoms with Gasteiger partial charge in [0.05, 0.1) is 0 Å². The Balaban J connectivity index is 1.54. The predicted octanol–water partition coefficient (Wildman–Crippen LogP) is 2.20. The molecule has 2 aliphatic rings. The van der Waals surface area contributed by atoms with Crippen molar-refractivity contribution in [3.05, 3.63) is 0 Å². The van der Waals surface area contributed by atoms with Gasteiger partial charge in [0.2, 0.25) is 17.7 Å². The van der Waals surface area contributed by atoms with E-state index in [-0.39, 0.29) is 23.6 Å². The van der Waals surface area contributed by atoms with E-state index in [2.05, 4.69) is 6.92 Å². The molecule has 0 radical (unpaired) electrons. The maximum absolute atomic E-state index is 12.0. The van der Waals surface area contributed by atoms with Gasteiger partial charge in [0.1, 0.15) is 0 Å². The van der Waals surface area contributed by atoms with Gasteiger partial charge in [-0.25, -0.2) is 0 Å². The van der Waals surface area contributed by atoms with Crippen molar-refractivity contribution in [2.24, 2.45) is 11.8 Å². The van der Waals surface area contributed by atoms with Crippen LogP contribution in [0.4, 0.5) is 0 Å². The lowest BCUT2D eigenvalue weighted by Gasteiger charge is -2.16. The average molecular weight is 308 g/mol. The minimum atomic E-state index is -0.145. The second-order valence-corrected chi connectivity index (χ2v) is 6.89. The van der Waals surface area contributed by atoms with Gasteiger partial charge in [-0.2, -0.15) is 0 Å². The lowest BCUT2D eigenvalue weighted by atomic mass is 10.1. The third-order valence-electron chi connectivity index (χ3n) is 4.77. The zero-order chi connectivity index (χ0) is 16.1. The van der Waals surface area contributed by atoms with Crippen LogP contribution in [-0.4, -0.2) is 47.2 Å². The molecule has 124 valence electrons. The molecule has 3 amide bonds. The molecule has 2 saturated heterocycles. The van der Waals surface area contributed by atoms with Crippen molar-refractivity contribution in [2.45, 2.75) is 58.8 Å². The molecule has 2 fully saturated rings. The molecule has 0 aromatic heterocycles. The van der Waals surface area contributed by atoms with E-state index in [9.17, 15) is 14.4 Å². The molecular formula is C17H28N2O3. The van der Waals surface area contributed by atoms with Gasteiger partial charge in [-0.05, 0) is 25.2 Å². The van der Waals surface area contributed by atoms with Crippen LogP contribution in [0.2, 0.25) is 0 Å². The minimum Gasteiger partial charge on any atom is -0.342 e. The first-order valence-electron chi connectivity index (χ1n) is 8.61. The summed E-state index contributed by atoms with van der Waals surface area (Å²) in [5.41, 5.74) is 0. The van der Waals surface area contributed by atoms with Crippen molar-refractivity contribution in [2.75, 3.05) is 19.6 Å². The van der Waals surface area contributed by atoms with E-state index < -0.39 is 0 Å². The van der Waals surface area contributed by atoms with Crippen LogP contribution in [0.25, 0.3) is 0 Å². The first-order chi connectivity index (χ1) is 10.5. The Hall–Kier alpha value is -1.39. The third-order valence-corrected chi connectivity index (χ3v) is 4.77. The van der Waals surface area contributed by atoms with Crippen LogP contribution in [0.15, 0.2) is 0 Å². The van der Waals surface area contributed by atoms with Crippen LogP contribution in [0.5, 0.6) is 0 Å². The summed E-state index contributed by atoms with van der Waals surface area (Å²) in [6, 6.07) is 0. The van der Waals surface area contributed by atoms with Gasteiger partial charge in [0, 0.05) is 38.4 Å². The summed E-state index contributed by atoms with van der Waals surface area (Å²) >= 11 is 0. The van der Waals surface area contributed by atoms with Crippen molar-refractivity contribution in [1.82, 2.24) is 9.80 Å². The topological polar surface area (TPSA) is 57.7 Å². The molecular weight excluding hydrogens is 280 g/mol. The highest BCUT2D eigenvalue weighted by Gasteiger charge is 2.34. The van der Waals surface area contributed by atoms with E-state index in [4.69, 9.17) is 0 Å². The van der Waals surface area contributed by atoms with E-state index in [1.807, 2.05) is 11.8 Å². The van der Waals surface area contributed by atoms with Gasteiger partial charge in [-0.1, -0.05) is 26.7 Å². The van der Waals surface area contributed by atoms with Crippen LogP contribution < -0.4 is 0 Å². The van der Waals surface area contributed by atoms with Crippen molar-refractivity contribution in [3.8, 4) is 0 Å². The van der Waals surface area contributed by atoms with E-state index in [0.717, 1.165) is 45.2 Å². The molecule has 2 heterocycles. The highest BCUT2D eigenvalue weighted by Crippen LogP contribution is 2.20. The Bertz CT molecular complexity index is 436. The van der Waals surface area contributed by atoms with Gasteiger partial charge >= 0.3 is 0 Å². The quantitative estimate of drug-likeness (QED) is 0.535. The Morgan fingerprint density at radius 2 is 1.86 bits per heavy atom. The summed E-state index contributed by atoms with van der Waals surface area (Å²) in [4.78, 5) is 38.8. The van der Waals surface area contributed by atoms with Crippen molar-refractivity contribution >= 4 is 17.7 Å². The molecule has 5 heteroatoms. The molecule has 0 aromatic carbocycles. The average Bonchev–Trinajstić information content (AvgIpc) is 3.00. The van der Waals surface area contributed by atoms with Crippen molar-refractivity contribution in [3.63, 3.8) is 0 Å². The molecule has 0 aromatic rings. The Labute approximate surface area is 133 Å². The monoisotopic (exact) mass is 308 g/mol. The molecule has 2 aliphatic heterocycles. The molecule has 2 unspecified atom stereocenters. The zero-order valence-electron chi connectivity index (χ0n) is 13.8. The lowest BCUT2D eigenvalue weighted by molar-refractivity contribution is -0.139. The molecule has 0 aliphatic carbocycles. The summed E-state index contributed by atoms with van der Waals surface area (Å²) in [5, 5.41) is 0. The van der Waals surface area contributed by atoms with Crippen LogP contribution in [0.1, 0.15) is 58.8 Å². The first-order valence-corrected chi connectivity index (χ1v) is 8.61. The van der Waals surface area contributed by atoms with Crippen LogP contribution in [0, 0.1) is 11.8 Å². The molecule has 0 spiro atoms. The summed E-state index contributed by atoms with van der Waals surface area (Å²) in [6.07, 6.45) is 5.83. The maximum atomic E-state index is 12.0. The van der Waals surface area contributed by atoms with Gasteiger partial charge in [-0.3, -0.25) is 19.3 Å².